The normalized spacial score (nSPS) is 24.2. The maximum absolute atomic E-state index is 11.5. The Hall–Kier alpha value is -0.930. The van der Waals surface area contributed by atoms with E-state index in [2.05, 4.69) is 5.32 Å². The third-order valence-corrected chi connectivity index (χ3v) is 1.37. The van der Waals surface area contributed by atoms with Crippen LogP contribution in [0, 0.1) is 5.92 Å². The van der Waals surface area contributed by atoms with Crippen molar-refractivity contribution in [2.24, 2.45) is 5.92 Å². The molecule has 0 aromatic carbocycles. The summed E-state index contributed by atoms with van der Waals surface area (Å²) in [5.74, 6) is -0.458. The van der Waals surface area contributed by atoms with Gasteiger partial charge in [0.1, 0.15) is 0 Å². The van der Waals surface area contributed by atoms with Gasteiger partial charge in [-0.1, -0.05) is 0 Å². The predicted octanol–water partition coefficient (Wildman–Crippen LogP) is 0.903. The Morgan fingerprint density at radius 1 is 1.70 bits per heavy atom. The Morgan fingerprint density at radius 3 is 2.80 bits per heavy atom. The Labute approximate surface area is 56.9 Å². The number of hydrogen-bond acceptors (Lipinski definition) is 1. The molecule has 10 heavy (non-hydrogen) atoms. The van der Waals surface area contributed by atoms with Crippen LogP contribution in [-0.2, 0) is 4.79 Å². The molecular weight excluding hydrogens is 140 g/mol. The van der Waals surface area contributed by atoms with Crippen molar-refractivity contribution in [3.05, 3.63) is 12.2 Å². The summed E-state index contributed by atoms with van der Waals surface area (Å²) in [4.78, 5) is 10.4. The average molecular weight is 147 g/mol. The Balaban J connectivity index is 2.46. The summed E-state index contributed by atoms with van der Waals surface area (Å²) in [6.45, 7) is 0.343. The van der Waals surface area contributed by atoms with Gasteiger partial charge in [-0.25, -0.2) is 0 Å². The lowest BCUT2D eigenvalue weighted by Crippen LogP contribution is -2.13. The maximum Gasteiger partial charge on any atom is 0.266 e. The van der Waals surface area contributed by atoms with Gasteiger partial charge in [0.15, 0.2) is 0 Å². The molecular formula is C6H7F2NO. The molecule has 0 radical (unpaired) electrons. The molecule has 56 valence electrons. The number of carbonyl (C=O) groups is 1. The number of hydrogen-bond donors (Lipinski definition) is 1. The van der Waals surface area contributed by atoms with Crippen LogP contribution >= 0.6 is 0 Å². The first kappa shape index (κ1) is 7.18. The van der Waals surface area contributed by atoms with Gasteiger partial charge in [-0.2, -0.15) is 8.78 Å². The van der Waals surface area contributed by atoms with Crippen LogP contribution in [-0.4, -0.2) is 12.5 Å². The van der Waals surface area contributed by atoms with Crippen LogP contribution in [0.4, 0.5) is 8.78 Å². The summed E-state index contributed by atoms with van der Waals surface area (Å²) in [6, 6.07) is 0. The van der Waals surface area contributed by atoms with Gasteiger partial charge >= 0.3 is 0 Å². The smallest absolute Gasteiger partial charge is 0.266 e. The summed E-state index contributed by atoms with van der Waals surface area (Å²) >= 11 is 0. The summed E-state index contributed by atoms with van der Waals surface area (Å²) in [7, 11) is 0. The molecule has 1 rings (SSSR count). The summed E-state index contributed by atoms with van der Waals surface area (Å²) in [6.07, 6.45) is -0.698. The van der Waals surface area contributed by atoms with Crippen molar-refractivity contribution in [2.45, 2.75) is 6.42 Å². The van der Waals surface area contributed by atoms with E-state index in [1.54, 1.807) is 0 Å². The predicted molar refractivity (Wildman–Crippen MR) is 31.4 cm³/mol. The van der Waals surface area contributed by atoms with E-state index in [1.807, 2.05) is 0 Å². The van der Waals surface area contributed by atoms with E-state index in [-0.39, 0.29) is 18.2 Å². The summed E-state index contributed by atoms with van der Waals surface area (Å²) in [5.41, 5.74) is 0. The fraction of sp³-hybridized carbons (Fsp3) is 0.500. The van der Waals surface area contributed by atoms with E-state index in [1.165, 1.54) is 0 Å². The highest BCUT2D eigenvalue weighted by Crippen LogP contribution is 2.13. The van der Waals surface area contributed by atoms with E-state index in [9.17, 15) is 13.6 Å². The van der Waals surface area contributed by atoms with Gasteiger partial charge in [-0.05, 0) is 6.08 Å². The Kier molecular flexibility index (Phi) is 1.99. The molecule has 1 N–H and O–H groups in total. The van der Waals surface area contributed by atoms with Crippen LogP contribution in [0.5, 0.6) is 0 Å². The number of halogens is 2. The van der Waals surface area contributed by atoms with Gasteiger partial charge in [-0.15, -0.1) is 0 Å². The number of carbonyl (C=O) groups excluding carboxylic acids is 1. The molecule has 0 saturated carbocycles. The van der Waals surface area contributed by atoms with Crippen molar-refractivity contribution < 1.29 is 13.6 Å². The minimum absolute atomic E-state index is 0.150. The SMILES string of the molecule is O=C1C[C@H](C=C(F)F)CN1. The van der Waals surface area contributed by atoms with Crippen molar-refractivity contribution in [3.8, 4) is 0 Å². The molecule has 0 bridgehead atoms. The van der Waals surface area contributed by atoms with Crippen LogP contribution in [0.3, 0.4) is 0 Å². The highest BCUT2D eigenvalue weighted by molar-refractivity contribution is 5.78. The zero-order chi connectivity index (χ0) is 7.56. The average Bonchev–Trinajstić information content (AvgIpc) is 2.13. The maximum atomic E-state index is 11.5. The third kappa shape index (κ3) is 1.79. The monoisotopic (exact) mass is 147 g/mol. The molecule has 0 spiro atoms. The molecule has 0 aromatic heterocycles. The van der Waals surface area contributed by atoms with Crippen LogP contribution in [0.15, 0.2) is 12.2 Å². The molecule has 1 saturated heterocycles. The van der Waals surface area contributed by atoms with Gasteiger partial charge in [0.2, 0.25) is 5.91 Å². The van der Waals surface area contributed by atoms with Crippen LogP contribution < -0.4 is 5.32 Å². The van der Waals surface area contributed by atoms with E-state index in [0.717, 1.165) is 6.08 Å². The second-order valence-electron chi connectivity index (χ2n) is 2.22. The Morgan fingerprint density at radius 2 is 2.40 bits per heavy atom. The van der Waals surface area contributed by atoms with Gasteiger partial charge in [-0.3, -0.25) is 4.79 Å². The molecule has 2 nitrogen and oxygen atoms in total. The van der Waals surface area contributed by atoms with Crippen molar-refractivity contribution in [2.75, 3.05) is 6.54 Å². The van der Waals surface area contributed by atoms with Crippen LogP contribution in [0.1, 0.15) is 6.42 Å². The first-order valence-corrected chi connectivity index (χ1v) is 2.98. The second-order valence-corrected chi connectivity index (χ2v) is 2.22. The zero-order valence-electron chi connectivity index (χ0n) is 5.23. The van der Waals surface area contributed by atoms with Crippen molar-refractivity contribution in [1.82, 2.24) is 5.32 Å². The van der Waals surface area contributed by atoms with Crippen molar-refractivity contribution in [3.63, 3.8) is 0 Å². The fourth-order valence-electron chi connectivity index (χ4n) is 0.923. The molecule has 0 unspecified atom stereocenters. The van der Waals surface area contributed by atoms with Crippen molar-refractivity contribution in [1.29, 1.82) is 0 Å². The minimum atomic E-state index is -1.71. The van der Waals surface area contributed by atoms with E-state index in [0.29, 0.717) is 6.54 Å². The third-order valence-electron chi connectivity index (χ3n) is 1.37. The van der Waals surface area contributed by atoms with Gasteiger partial charge in [0.25, 0.3) is 6.08 Å². The molecule has 4 heteroatoms. The summed E-state index contributed by atoms with van der Waals surface area (Å²) in [5, 5.41) is 2.46. The molecule has 1 atom stereocenters. The molecule has 1 heterocycles. The van der Waals surface area contributed by atoms with Gasteiger partial charge in [0, 0.05) is 18.9 Å². The van der Waals surface area contributed by atoms with E-state index < -0.39 is 6.08 Å². The molecule has 1 amide bonds. The topological polar surface area (TPSA) is 29.1 Å². The largest absolute Gasteiger partial charge is 0.355 e. The first-order valence-electron chi connectivity index (χ1n) is 2.98. The highest BCUT2D eigenvalue weighted by atomic mass is 19.3. The molecule has 1 aliphatic rings. The lowest BCUT2D eigenvalue weighted by Gasteiger charge is -1.94. The van der Waals surface area contributed by atoms with Crippen LogP contribution in [0.25, 0.3) is 0 Å². The van der Waals surface area contributed by atoms with Gasteiger partial charge in [0.05, 0.1) is 0 Å². The minimum Gasteiger partial charge on any atom is -0.355 e. The zero-order valence-corrected chi connectivity index (χ0v) is 5.23. The fourth-order valence-corrected chi connectivity index (χ4v) is 0.923. The van der Waals surface area contributed by atoms with E-state index >= 15 is 0 Å². The van der Waals surface area contributed by atoms with Crippen LogP contribution in [0.2, 0.25) is 0 Å². The molecule has 1 fully saturated rings. The summed E-state index contributed by atoms with van der Waals surface area (Å²) < 4.78 is 23.1. The quantitative estimate of drug-likeness (QED) is 0.586. The first-order chi connectivity index (χ1) is 4.68. The standard InChI is InChI=1S/C6H7F2NO/c7-5(8)1-4-2-6(10)9-3-4/h1,4H,2-3H2,(H,9,10)/t4-/m0/s1. The number of amides is 1. The molecule has 0 aromatic rings. The van der Waals surface area contributed by atoms with Gasteiger partial charge < -0.3 is 5.32 Å². The molecule has 1 aliphatic heterocycles. The highest BCUT2D eigenvalue weighted by Gasteiger charge is 2.19. The lowest BCUT2D eigenvalue weighted by atomic mass is 10.1. The Bertz CT molecular complexity index is 175. The lowest BCUT2D eigenvalue weighted by molar-refractivity contribution is -0.119. The second kappa shape index (κ2) is 2.77. The number of nitrogens with one attached hydrogen (secondary N) is 1. The number of rotatable bonds is 1. The van der Waals surface area contributed by atoms with E-state index in [4.69, 9.17) is 0 Å². The molecule has 0 aliphatic carbocycles. The van der Waals surface area contributed by atoms with Crippen molar-refractivity contribution >= 4 is 5.91 Å².